The highest BCUT2D eigenvalue weighted by atomic mass is 35.5. The molecular weight excluding hydrogens is 414 g/mol. The van der Waals surface area contributed by atoms with Crippen molar-refractivity contribution in [3.63, 3.8) is 0 Å². The summed E-state index contributed by atoms with van der Waals surface area (Å²) in [5.41, 5.74) is 1.36. The number of para-hydroxylation sites is 1. The zero-order chi connectivity index (χ0) is 20.6. The molecule has 2 aliphatic rings. The number of hydrogen-bond acceptors (Lipinski definition) is 6. The molecular formula is C20H14ClN3O4S. The molecule has 29 heavy (non-hydrogen) atoms. The summed E-state index contributed by atoms with van der Waals surface area (Å²) in [4.78, 5) is 38.6. The zero-order valence-electron chi connectivity index (χ0n) is 15.0. The van der Waals surface area contributed by atoms with E-state index in [4.69, 9.17) is 21.6 Å². The van der Waals surface area contributed by atoms with Crippen molar-refractivity contribution in [1.29, 1.82) is 5.26 Å². The smallest absolute Gasteiger partial charge is 0.344 e. The molecule has 7 nitrogen and oxygen atoms in total. The number of nitrogens with one attached hydrogen (secondary N) is 1. The molecule has 0 aromatic heterocycles. The van der Waals surface area contributed by atoms with Gasteiger partial charge in [0.2, 0.25) is 5.91 Å². The maximum atomic E-state index is 12.9. The average molecular weight is 428 g/mol. The summed E-state index contributed by atoms with van der Waals surface area (Å²) in [6.07, 6.45) is 0.559. The van der Waals surface area contributed by atoms with Gasteiger partial charge < -0.3 is 10.1 Å². The number of rotatable bonds is 4. The van der Waals surface area contributed by atoms with E-state index in [1.165, 1.54) is 34.9 Å². The molecule has 9 heteroatoms. The molecule has 0 aliphatic carbocycles. The molecule has 0 bridgehead atoms. The SMILES string of the molecule is N#Cc1ccc(NC(=O)COC(=O)[C@@]23CCC(=O)N2c2ccccc2S3)cc1Cl. The molecule has 1 fully saturated rings. The van der Waals surface area contributed by atoms with E-state index in [1.54, 1.807) is 6.07 Å². The Morgan fingerprint density at radius 2 is 2.10 bits per heavy atom. The lowest BCUT2D eigenvalue weighted by Gasteiger charge is -2.28. The Labute approximate surface area is 175 Å². The van der Waals surface area contributed by atoms with Crippen molar-refractivity contribution < 1.29 is 19.1 Å². The van der Waals surface area contributed by atoms with Crippen LogP contribution in [0.25, 0.3) is 0 Å². The van der Waals surface area contributed by atoms with E-state index in [0.29, 0.717) is 23.4 Å². The van der Waals surface area contributed by atoms with Crippen molar-refractivity contribution in [3.05, 3.63) is 53.1 Å². The van der Waals surface area contributed by atoms with Crippen LogP contribution in [0.5, 0.6) is 0 Å². The fourth-order valence-corrected chi connectivity index (χ4v) is 5.03. The van der Waals surface area contributed by atoms with Crippen molar-refractivity contribution in [2.24, 2.45) is 0 Å². The van der Waals surface area contributed by atoms with Crippen LogP contribution in [0.1, 0.15) is 18.4 Å². The van der Waals surface area contributed by atoms with Gasteiger partial charge in [0.15, 0.2) is 11.5 Å². The number of fused-ring (bicyclic) bond motifs is 3. The number of nitriles is 1. The van der Waals surface area contributed by atoms with Crippen LogP contribution in [-0.2, 0) is 19.1 Å². The Kier molecular flexibility index (Phi) is 4.94. The number of hydrogen-bond donors (Lipinski definition) is 1. The standard InChI is InChI=1S/C20H14ClN3O4S/c21-14-9-13(6-5-12(14)10-22)23-17(25)11-28-19(27)20-8-7-18(26)24(20)15-3-1-2-4-16(15)29-20/h1-6,9H,7-8,11H2,(H,23,25)/t20-/m0/s1. The first-order chi connectivity index (χ1) is 13.9. The van der Waals surface area contributed by atoms with Crippen LogP contribution in [0.15, 0.2) is 47.4 Å². The van der Waals surface area contributed by atoms with E-state index in [9.17, 15) is 14.4 Å². The van der Waals surface area contributed by atoms with Gasteiger partial charge in [0.25, 0.3) is 5.91 Å². The number of ether oxygens (including phenoxy) is 1. The molecule has 1 atom stereocenters. The molecule has 0 spiro atoms. The summed E-state index contributed by atoms with van der Waals surface area (Å²) in [5.74, 6) is -1.32. The lowest BCUT2D eigenvalue weighted by molar-refractivity contribution is -0.149. The Hall–Kier alpha value is -3.02. The summed E-state index contributed by atoms with van der Waals surface area (Å²) in [6, 6.07) is 13.7. The third-order valence-corrected chi connectivity index (χ3v) is 6.47. The molecule has 2 aliphatic heterocycles. The van der Waals surface area contributed by atoms with E-state index < -0.39 is 23.4 Å². The molecule has 2 aromatic carbocycles. The molecule has 0 radical (unpaired) electrons. The van der Waals surface area contributed by atoms with Crippen molar-refractivity contribution in [2.75, 3.05) is 16.8 Å². The first kappa shape index (κ1) is 19.3. The Morgan fingerprint density at radius 3 is 2.86 bits per heavy atom. The average Bonchev–Trinajstić information content (AvgIpc) is 3.22. The number of carbonyl (C=O) groups is 3. The van der Waals surface area contributed by atoms with Crippen LogP contribution in [0, 0.1) is 11.3 Å². The molecule has 2 amide bonds. The maximum absolute atomic E-state index is 12.9. The molecule has 0 unspecified atom stereocenters. The number of thioether (sulfide) groups is 1. The van der Waals surface area contributed by atoms with Crippen LogP contribution in [-0.4, -0.2) is 29.3 Å². The van der Waals surface area contributed by atoms with Gasteiger partial charge in [-0.05, 0) is 30.3 Å². The van der Waals surface area contributed by atoms with Gasteiger partial charge in [-0.2, -0.15) is 5.26 Å². The number of amides is 2. The summed E-state index contributed by atoms with van der Waals surface area (Å²) < 4.78 is 5.27. The monoisotopic (exact) mass is 427 g/mol. The largest absolute Gasteiger partial charge is 0.453 e. The Morgan fingerprint density at radius 1 is 1.31 bits per heavy atom. The third-order valence-electron chi connectivity index (χ3n) is 4.70. The van der Waals surface area contributed by atoms with Gasteiger partial charge in [-0.3, -0.25) is 14.5 Å². The zero-order valence-corrected chi connectivity index (χ0v) is 16.5. The number of nitrogens with zero attached hydrogens (tertiary/aromatic N) is 2. The van der Waals surface area contributed by atoms with Gasteiger partial charge in [-0.25, -0.2) is 4.79 Å². The molecule has 2 heterocycles. The van der Waals surface area contributed by atoms with Gasteiger partial charge in [-0.1, -0.05) is 35.5 Å². The van der Waals surface area contributed by atoms with Gasteiger partial charge in [0.05, 0.1) is 16.3 Å². The van der Waals surface area contributed by atoms with E-state index in [2.05, 4.69) is 5.32 Å². The second-order valence-electron chi connectivity index (χ2n) is 6.51. The Bertz CT molecular complexity index is 1080. The Balaban J connectivity index is 1.43. The quantitative estimate of drug-likeness (QED) is 0.751. The van der Waals surface area contributed by atoms with Gasteiger partial charge in [-0.15, -0.1) is 0 Å². The minimum Gasteiger partial charge on any atom is -0.453 e. The van der Waals surface area contributed by atoms with Crippen LogP contribution in [0.4, 0.5) is 11.4 Å². The first-order valence-corrected chi connectivity index (χ1v) is 9.92. The minimum atomic E-state index is -1.17. The van der Waals surface area contributed by atoms with Crippen LogP contribution in [0.3, 0.4) is 0 Å². The highest BCUT2D eigenvalue weighted by molar-refractivity contribution is 8.02. The number of carbonyl (C=O) groups excluding carboxylic acids is 3. The fourth-order valence-electron chi connectivity index (χ4n) is 3.40. The molecule has 4 rings (SSSR count). The molecule has 1 N–H and O–H groups in total. The molecule has 1 saturated heterocycles. The highest BCUT2D eigenvalue weighted by Crippen LogP contribution is 2.56. The van der Waals surface area contributed by atoms with Gasteiger partial charge in [0.1, 0.15) is 6.07 Å². The highest BCUT2D eigenvalue weighted by Gasteiger charge is 2.58. The molecule has 0 saturated carbocycles. The van der Waals surface area contributed by atoms with Crippen LogP contribution < -0.4 is 10.2 Å². The van der Waals surface area contributed by atoms with Crippen LogP contribution in [0.2, 0.25) is 5.02 Å². The summed E-state index contributed by atoms with van der Waals surface area (Å²) >= 11 is 7.22. The van der Waals surface area contributed by atoms with Crippen molar-refractivity contribution in [2.45, 2.75) is 22.6 Å². The van der Waals surface area contributed by atoms with Gasteiger partial charge in [0, 0.05) is 23.4 Å². The van der Waals surface area contributed by atoms with Crippen LogP contribution >= 0.6 is 23.4 Å². The molecule has 2 aromatic rings. The second kappa shape index (κ2) is 7.43. The minimum absolute atomic E-state index is 0.143. The van der Waals surface area contributed by atoms with Crippen molar-refractivity contribution >= 4 is 52.5 Å². The third kappa shape index (κ3) is 3.33. The van der Waals surface area contributed by atoms with Crippen molar-refractivity contribution in [3.8, 4) is 6.07 Å². The summed E-state index contributed by atoms with van der Waals surface area (Å²) in [5, 5.41) is 11.7. The number of halogens is 1. The predicted molar refractivity (Wildman–Crippen MR) is 108 cm³/mol. The topological polar surface area (TPSA) is 99.5 Å². The molecule has 146 valence electrons. The van der Waals surface area contributed by atoms with E-state index >= 15 is 0 Å². The normalized spacial score (nSPS) is 19.3. The second-order valence-corrected chi connectivity index (χ2v) is 8.24. The number of anilines is 2. The predicted octanol–water partition coefficient (Wildman–Crippen LogP) is 3.32. The summed E-state index contributed by atoms with van der Waals surface area (Å²) in [7, 11) is 0. The summed E-state index contributed by atoms with van der Waals surface area (Å²) in [6.45, 7) is -0.503. The first-order valence-electron chi connectivity index (χ1n) is 8.72. The van der Waals surface area contributed by atoms with Gasteiger partial charge >= 0.3 is 5.97 Å². The maximum Gasteiger partial charge on any atom is 0.344 e. The lowest BCUT2D eigenvalue weighted by atomic mass is 10.2. The van der Waals surface area contributed by atoms with E-state index in [0.717, 1.165) is 4.90 Å². The fraction of sp³-hybridized carbons (Fsp3) is 0.200. The lowest BCUT2D eigenvalue weighted by Crippen LogP contribution is -2.48. The van der Waals surface area contributed by atoms with E-state index in [-0.39, 0.29) is 17.4 Å². The van der Waals surface area contributed by atoms with Crippen molar-refractivity contribution in [1.82, 2.24) is 0 Å². The number of esters is 1. The number of benzene rings is 2. The van der Waals surface area contributed by atoms with E-state index in [1.807, 2.05) is 24.3 Å².